The fourth-order valence-corrected chi connectivity index (χ4v) is 4.61. The lowest BCUT2D eigenvalue weighted by molar-refractivity contribution is 1.02. The largest absolute Gasteiger partial charge is 0.268 e. The van der Waals surface area contributed by atoms with Gasteiger partial charge in [0.2, 0.25) is 5.28 Å². The fraction of sp³-hybridized carbons (Fsp3) is 0. The van der Waals surface area contributed by atoms with Crippen molar-refractivity contribution < 1.29 is 0 Å². The first-order valence-electron chi connectivity index (χ1n) is 10.9. The van der Waals surface area contributed by atoms with Crippen LogP contribution in [0.3, 0.4) is 0 Å². The molecule has 6 aromatic rings. The van der Waals surface area contributed by atoms with Gasteiger partial charge in [0.05, 0.1) is 11.1 Å². The molecule has 0 aliphatic heterocycles. The van der Waals surface area contributed by atoms with E-state index in [1.54, 1.807) is 10.8 Å². The van der Waals surface area contributed by atoms with Crippen molar-refractivity contribution in [2.24, 2.45) is 0 Å². The maximum absolute atomic E-state index is 14.2. The molecule has 162 valence electrons. The summed E-state index contributed by atoms with van der Waals surface area (Å²) in [5, 5.41) is 2.28. The minimum atomic E-state index is -0.151. The smallest absolute Gasteiger partial charge is 0.265 e. The molecule has 0 fully saturated rings. The first-order valence-corrected chi connectivity index (χ1v) is 11.3. The number of nitrogens with zero attached hydrogens (tertiary/aromatic N) is 3. The van der Waals surface area contributed by atoms with E-state index >= 15 is 0 Å². The number of hydrogen-bond acceptors (Lipinski definition) is 3. The highest BCUT2D eigenvalue weighted by Crippen LogP contribution is 2.32. The molecule has 0 unspecified atom stereocenters. The van der Waals surface area contributed by atoms with Crippen LogP contribution in [0.1, 0.15) is 0 Å². The van der Waals surface area contributed by atoms with Crippen molar-refractivity contribution in [2.45, 2.75) is 0 Å². The molecule has 0 amide bonds. The van der Waals surface area contributed by atoms with Crippen LogP contribution < -0.4 is 5.56 Å². The summed E-state index contributed by atoms with van der Waals surface area (Å²) in [5.74, 6) is 0. The van der Waals surface area contributed by atoms with Crippen LogP contribution in [0, 0.1) is 0 Å². The molecule has 34 heavy (non-hydrogen) atoms. The summed E-state index contributed by atoms with van der Waals surface area (Å²) in [5.41, 5.74) is 4.97. The zero-order valence-electron chi connectivity index (χ0n) is 18.0. The summed E-state index contributed by atoms with van der Waals surface area (Å²) in [6, 6.07) is 33.8. The molecule has 0 aliphatic carbocycles. The molecule has 0 saturated heterocycles. The molecular formula is C29H18ClN3O. The van der Waals surface area contributed by atoms with Gasteiger partial charge in [-0.25, -0.2) is 4.98 Å². The van der Waals surface area contributed by atoms with E-state index < -0.39 is 0 Å². The van der Waals surface area contributed by atoms with E-state index in [2.05, 4.69) is 9.97 Å². The Hall–Kier alpha value is -4.28. The Kier molecular flexibility index (Phi) is 4.93. The quantitative estimate of drug-likeness (QED) is 0.213. The van der Waals surface area contributed by atoms with Crippen LogP contribution in [0.2, 0.25) is 5.28 Å². The third-order valence-electron chi connectivity index (χ3n) is 6.02. The highest BCUT2D eigenvalue weighted by molar-refractivity contribution is 6.28. The van der Waals surface area contributed by atoms with Gasteiger partial charge in [0.1, 0.15) is 0 Å². The van der Waals surface area contributed by atoms with E-state index in [0.717, 1.165) is 38.7 Å². The number of fused-ring (bicyclic) bond motifs is 3. The maximum Gasteiger partial charge on any atom is 0.265 e. The Bertz CT molecular complexity index is 1730. The summed E-state index contributed by atoms with van der Waals surface area (Å²) in [6.45, 7) is 0. The highest BCUT2D eigenvalue weighted by atomic mass is 35.5. The molecule has 4 aromatic carbocycles. The molecule has 0 N–H and O–H groups in total. The van der Waals surface area contributed by atoms with Gasteiger partial charge < -0.3 is 0 Å². The highest BCUT2D eigenvalue weighted by Gasteiger charge is 2.18. The van der Waals surface area contributed by atoms with Gasteiger partial charge in [-0.1, -0.05) is 91.0 Å². The molecule has 0 atom stereocenters. The van der Waals surface area contributed by atoms with Gasteiger partial charge >= 0.3 is 0 Å². The lowest BCUT2D eigenvalue weighted by atomic mass is 9.97. The maximum atomic E-state index is 14.2. The average molecular weight is 460 g/mol. The van der Waals surface area contributed by atoms with Crippen LogP contribution in [-0.4, -0.2) is 14.5 Å². The molecule has 0 radical (unpaired) electrons. The Morgan fingerprint density at radius 2 is 1.35 bits per heavy atom. The monoisotopic (exact) mass is 459 g/mol. The molecule has 6 rings (SSSR count). The Balaban J connectivity index is 1.73. The predicted octanol–water partition coefficient (Wildman–Crippen LogP) is 6.92. The van der Waals surface area contributed by atoms with Crippen molar-refractivity contribution in [1.29, 1.82) is 0 Å². The van der Waals surface area contributed by atoms with Crippen molar-refractivity contribution in [2.75, 3.05) is 0 Å². The minimum Gasteiger partial charge on any atom is -0.268 e. The van der Waals surface area contributed by atoms with Crippen LogP contribution in [0.15, 0.2) is 114 Å². The SMILES string of the molecule is O=c1c2c(-c3ccccc3)cccc2c2cnc(Cl)nc2n1-c1cccc(-c2ccccc2)c1. The van der Waals surface area contributed by atoms with E-state index in [1.165, 1.54) is 0 Å². The third kappa shape index (κ3) is 3.36. The summed E-state index contributed by atoms with van der Waals surface area (Å²) in [7, 11) is 0. The van der Waals surface area contributed by atoms with E-state index in [0.29, 0.717) is 11.0 Å². The second kappa shape index (κ2) is 8.25. The number of pyridine rings is 1. The van der Waals surface area contributed by atoms with Crippen molar-refractivity contribution in [3.8, 4) is 27.9 Å². The molecule has 4 nitrogen and oxygen atoms in total. The van der Waals surface area contributed by atoms with E-state index in [4.69, 9.17) is 11.6 Å². The summed E-state index contributed by atoms with van der Waals surface area (Å²) in [6.07, 6.45) is 1.69. The van der Waals surface area contributed by atoms with Crippen LogP contribution in [0.25, 0.3) is 49.7 Å². The molecule has 2 heterocycles. The van der Waals surface area contributed by atoms with Crippen molar-refractivity contribution in [1.82, 2.24) is 14.5 Å². The van der Waals surface area contributed by atoms with Gasteiger partial charge in [-0.05, 0) is 46.0 Å². The summed E-state index contributed by atoms with van der Waals surface area (Å²) < 4.78 is 1.64. The third-order valence-corrected chi connectivity index (χ3v) is 6.20. The molecule has 5 heteroatoms. The van der Waals surface area contributed by atoms with Crippen LogP contribution in [0.4, 0.5) is 0 Å². The van der Waals surface area contributed by atoms with Crippen molar-refractivity contribution >= 4 is 33.4 Å². The average Bonchev–Trinajstić information content (AvgIpc) is 2.89. The Morgan fingerprint density at radius 3 is 2.12 bits per heavy atom. The zero-order chi connectivity index (χ0) is 23.1. The van der Waals surface area contributed by atoms with Gasteiger partial charge in [-0.2, -0.15) is 4.98 Å². The number of halogens is 1. The number of benzene rings is 4. The summed E-state index contributed by atoms with van der Waals surface area (Å²) >= 11 is 6.20. The van der Waals surface area contributed by atoms with Crippen molar-refractivity contribution in [3.63, 3.8) is 0 Å². The topological polar surface area (TPSA) is 47.8 Å². The van der Waals surface area contributed by atoms with Gasteiger partial charge in [0, 0.05) is 17.0 Å². The lowest BCUT2D eigenvalue weighted by Gasteiger charge is -2.15. The standard InChI is InChI=1S/C29H18ClN3O/c30-29-31-18-25-24-16-8-15-23(20-11-5-2-6-12-20)26(24)28(34)33(27(25)32-29)22-14-7-13-21(17-22)19-9-3-1-4-10-19/h1-18H. The lowest BCUT2D eigenvalue weighted by Crippen LogP contribution is -2.21. The normalized spacial score (nSPS) is 11.2. The van der Waals surface area contributed by atoms with Gasteiger partial charge in [0.15, 0.2) is 5.65 Å². The first kappa shape index (κ1) is 20.3. The minimum absolute atomic E-state index is 0.0958. The summed E-state index contributed by atoms with van der Waals surface area (Å²) in [4.78, 5) is 22.9. The second-order valence-corrected chi connectivity index (χ2v) is 8.37. The van der Waals surface area contributed by atoms with Gasteiger partial charge in [-0.3, -0.25) is 9.36 Å². The van der Waals surface area contributed by atoms with E-state index in [-0.39, 0.29) is 10.8 Å². The van der Waals surface area contributed by atoms with Crippen LogP contribution in [-0.2, 0) is 0 Å². The Morgan fingerprint density at radius 1 is 0.676 bits per heavy atom. The van der Waals surface area contributed by atoms with Gasteiger partial charge in [0.25, 0.3) is 5.56 Å². The molecule has 0 bridgehead atoms. The molecule has 0 spiro atoms. The molecular weight excluding hydrogens is 442 g/mol. The molecule has 0 aliphatic rings. The molecule has 2 aromatic heterocycles. The van der Waals surface area contributed by atoms with E-state index in [1.807, 2.05) is 103 Å². The van der Waals surface area contributed by atoms with Crippen LogP contribution in [0.5, 0.6) is 0 Å². The fourth-order valence-electron chi connectivity index (χ4n) is 4.48. The second-order valence-electron chi connectivity index (χ2n) is 8.03. The number of aromatic nitrogens is 3. The van der Waals surface area contributed by atoms with E-state index in [9.17, 15) is 4.79 Å². The molecule has 0 saturated carbocycles. The van der Waals surface area contributed by atoms with Crippen molar-refractivity contribution in [3.05, 3.63) is 125 Å². The van der Waals surface area contributed by atoms with Gasteiger partial charge in [-0.15, -0.1) is 0 Å². The zero-order valence-corrected chi connectivity index (χ0v) is 18.8. The number of rotatable bonds is 3. The Labute approximate surface area is 200 Å². The predicted molar refractivity (Wildman–Crippen MR) is 139 cm³/mol. The first-order chi connectivity index (χ1) is 16.7. The van der Waals surface area contributed by atoms with Crippen LogP contribution >= 0.6 is 11.6 Å². The number of hydrogen-bond donors (Lipinski definition) is 0.